The molecule has 252 valence electrons. The zero-order valence-corrected chi connectivity index (χ0v) is 29.7. The Kier molecular flexibility index (Phi) is 11.0. The van der Waals surface area contributed by atoms with E-state index < -0.39 is 12.0 Å². The first kappa shape index (κ1) is 34.8. The second-order valence-electron chi connectivity index (χ2n) is 11.4. The number of methoxy groups -OCH3 is 1. The molecule has 5 rings (SSSR count). The third kappa shape index (κ3) is 7.45. The molecular weight excluding hydrogens is 652 g/mol. The van der Waals surface area contributed by atoms with Gasteiger partial charge < -0.3 is 23.7 Å². The number of nitrogens with zero attached hydrogens (tertiary/aromatic N) is 2. The summed E-state index contributed by atoms with van der Waals surface area (Å²) in [5.74, 6) is 1.37. The van der Waals surface area contributed by atoms with Crippen LogP contribution in [-0.2, 0) is 16.1 Å². The number of rotatable bonds is 12. The van der Waals surface area contributed by atoms with E-state index in [1.807, 2.05) is 52.0 Å². The Labute approximate surface area is 288 Å². The number of thiazole rings is 1. The van der Waals surface area contributed by atoms with Crippen molar-refractivity contribution in [3.05, 3.63) is 113 Å². The molecule has 4 aromatic rings. The number of halogens is 1. The number of esters is 1. The monoisotopic (exact) mass is 690 g/mol. The van der Waals surface area contributed by atoms with E-state index in [2.05, 4.69) is 11.1 Å². The van der Waals surface area contributed by atoms with Gasteiger partial charge in [0.25, 0.3) is 5.56 Å². The highest BCUT2D eigenvalue weighted by atomic mass is 35.5. The summed E-state index contributed by atoms with van der Waals surface area (Å²) in [4.78, 5) is 32.7. The van der Waals surface area contributed by atoms with Crippen molar-refractivity contribution in [2.24, 2.45) is 4.99 Å². The topological polar surface area (TPSA) is 97.6 Å². The largest absolute Gasteiger partial charge is 0.493 e. The van der Waals surface area contributed by atoms with Gasteiger partial charge in [0.2, 0.25) is 0 Å². The van der Waals surface area contributed by atoms with E-state index in [0.717, 1.165) is 11.1 Å². The van der Waals surface area contributed by atoms with Gasteiger partial charge in [-0.25, -0.2) is 9.79 Å². The Balaban J connectivity index is 1.61. The van der Waals surface area contributed by atoms with Gasteiger partial charge in [-0.15, -0.1) is 0 Å². The number of aryl methyl sites for hydroxylation is 1. The molecular formula is C37H39ClN2O7S. The van der Waals surface area contributed by atoms with Gasteiger partial charge in [-0.05, 0) is 88.6 Å². The smallest absolute Gasteiger partial charge is 0.338 e. The van der Waals surface area contributed by atoms with Crippen molar-refractivity contribution in [1.29, 1.82) is 0 Å². The maximum Gasteiger partial charge on any atom is 0.338 e. The molecule has 1 aliphatic rings. The molecule has 0 fully saturated rings. The lowest BCUT2D eigenvalue weighted by molar-refractivity contribution is -0.139. The molecule has 0 saturated heterocycles. The molecule has 0 spiro atoms. The highest BCUT2D eigenvalue weighted by Crippen LogP contribution is 2.38. The van der Waals surface area contributed by atoms with E-state index >= 15 is 0 Å². The molecule has 1 aliphatic heterocycles. The Morgan fingerprint density at radius 2 is 1.81 bits per heavy atom. The van der Waals surface area contributed by atoms with Crippen molar-refractivity contribution in [1.82, 2.24) is 4.57 Å². The maximum atomic E-state index is 14.2. The summed E-state index contributed by atoms with van der Waals surface area (Å²) in [6.07, 6.45) is 1.66. The van der Waals surface area contributed by atoms with Crippen LogP contribution < -0.4 is 33.8 Å². The van der Waals surface area contributed by atoms with Crippen molar-refractivity contribution >= 4 is 35.0 Å². The highest BCUT2D eigenvalue weighted by Gasteiger charge is 2.34. The number of hydrogen-bond donors (Lipinski definition) is 0. The van der Waals surface area contributed by atoms with Crippen LogP contribution in [0.15, 0.2) is 75.7 Å². The summed E-state index contributed by atoms with van der Waals surface area (Å²) in [6.45, 7) is 12.1. The molecule has 0 unspecified atom stereocenters. The molecule has 0 N–H and O–H groups in total. The quantitative estimate of drug-likeness (QED) is 0.156. The predicted octanol–water partition coefficient (Wildman–Crippen LogP) is 6.53. The number of fused-ring (bicyclic) bond motifs is 1. The average Bonchev–Trinajstić information content (AvgIpc) is 3.33. The molecule has 3 aromatic carbocycles. The first-order valence-corrected chi connectivity index (χ1v) is 16.9. The Morgan fingerprint density at radius 3 is 2.50 bits per heavy atom. The third-order valence-electron chi connectivity index (χ3n) is 7.48. The lowest BCUT2D eigenvalue weighted by Gasteiger charge is -2.25. The van der Waals surface area contributed by atoms with E-state index in [1.54, 1.807) is 51.3 Å². The van der Waals surface area contributed by atoms with Crippen molar-refractivity contribution in [2.45, 2.75) is 60.3 Å². The first-order chi connectivity index (χ1) is 23.0. The zero-order valence-electron chi connectivity index (χ0n) is 28.1. The lowest BCUT2D eigenvalue weighted by Crippen LogP contribution is -2.40. The minimum absolute atomic E-state index is 0.0786. The van der Waals surface area contributed by atoms with Crippen LogP contribution in [-0.4, -0.2) is 37.0 Å². The second-order valence-corrected chi connectivity index (χ2v) is 12.8. The highest BCUT2D eigenvalue weighted by molar-refractivity contribution is 7.07. The number of benzene rings is 3. The van der Waals surface area contributed by atoms with Gasteiger partial charge in [-0.1, -0.05) is 58.8 Å². The van der Waals surface area contributed by atoms with E-state index in [4.69, 9.17) is 35.3 Å². The predicted molar refractivity (Wildman–Crippen MR) is 187 cm³/mol. The number of hydrogen-bond acceptors (Lipinski definition) is 9. The fourth-order valence-electron chi connectivity index (χ4n) is 5.50. The Morgan fingerprint density at radius 1 is 1.02 bits per heavy atom. The van der Waals surface area contributed by atoms with Gasteiger partial charge in [0.15, 0.2) is 27.8 Å². The van der Waals surface area contributed by atoms with E-state index in [1.165, 1.54) is 15.9 Å². The van der Waals surface area contributed by atoms with Crippen molar-refractivity contribution in [3.63, 3.8) is 0 Å². The molecule has 1 atom stereocenters. The molecule has 9 nitrogen and oxygen atoms in total. The fraction of sp³-hybridized carbons (Fsp3) is 0.324. The molecule has 0 aliphatic carbocycles. The van der Waals surface area contributed by atoms with Crippen LogP contribution in [0.4, 0.5) is 0 Å². The molecule has 0 bridgehead atoms. The minimum atomic E-state index is -0.815. The molecule has 11 heteroatoms. The maximum absolute atomic E-state index is 14.2. The number of aromatic nitrogens is 1. The molecule has 0 saturated carbocycles. The standard InChI is InChI=1S/C37H39ClN2O7S/c1-8-44-30-17-25(16-27(38)34(30)46-20-24-12-10-11-22(5)15-24)18-31-35(41)40-33(26-13-14-28(47-21(3)4)29(19-26)43-7)32(36(42)45-9-2)23(6)39-37(40)48-31/h10-19,21,33H,8-9,20H2,1-7H3/b31-18-/t33-/m1/s1. The van der Waals surface area contributed by atoms with Gasteiger partial charge in [-0.2, -0.15) is 0 Å². The molecule has 48 heavy (non-hydrogen) atoms. The average molecular weight is 691 g/mol. The van der Waals surface area contributed by atoms with E-state index in [9.17, 15) is 9.59 Å². The van der Waals surface area contributed by atoms with E-state index in [0.29, 0.717) is 67.4 Å². The Hall–Kier alpha value is -4.54. The third-order valence-corrected chi connectivity index (χ3v) is 8.74. The summed E-state index contributed by atoms with van der Waals surface area (Å²) in [7, 11) is 1.55. The van der Waals surface area contributed by atoms with Gasteiger partial charge >= 0.3 is 5.97 Å². The summed E-state index contributed by atoms with van der Waals surface area (Å²) >= 11 is 7.97. The fourth-order valence-corrected chi connectivity index (χ4v) is 6.82. The van der Waals surface area contributed by atoms with Crippen LogP contribution in [0.3, 0.4) is 0 Å². The number of allylic oxidation sites excluding steroid dienone is 1. The number of carbonyl (C=O) groups excluding carboxylic acids is 1. The number of carbonyl (C=O) groups is 1. The van der Waals surface area contributed by atoms with Crippen molar-refractivity contribution < 1.29 is 28.5 Å². The zero-order chi connectivity index (χ0) is 34.5. The Bertz CT molecular complexity index is 2050. The van der Waals surface area contributed by atoms with Crippen LogP contribution in [0, 0.1) is 6.92 Å². The molecule has 0 radical (unpaired) electrons. The normalized spacial score (nSPS) is 14.4. The molecule has 2 heterocycles. The molecule has 0 amide bonds. The summed E-state index contributed by atoms with van der Waals surface area (Å²) in [5, 5.41) is 0.349. The van der Waals surface area contributed by atoms with Gasteiger partial charge in [0, 0.05) is 0 Å². The van der Waals surface area contributed by atoms with Crippen LogP contribution in [0.25, 0.3) is 6.08 Å². The van der Waals surface area contributed by atoms with Gasteiger partial charge in [-0.3, -0.25) is 9.36 Å². The SMILES string of the molecule is CCOC(=O)C1=C(C)N=c2s/c(=C\c3cc(Cl)c(OCc4cccc(C)c4)c(OCC)c3)c(=O)n2[C@@H]1c1ccc(OC(C)C)c(OC)c1. The summed E-state index contributed by atoms with van der Waals surface area (Å²) in [5.41, 5.74) is 3.83. The molecule has 1 aromatic heterocycles. The van der Waals surface area contributed by atoms with Crippen LogP contribution in [0.1, 0.15) is 62.9 Å². The van der Waals surface area contributed by atoms with E-state index in [-0.39, 0.29) is 23.8 Å². The van der Waals surface area contributed by atoms with Crippen LogP contribution in [0.5, 0.6) is 23.0 Å². The van der Waals surface area contributed by atoms with Crippen LogP contribution >= 0.6 is 22.9 Å². The summed E-state index contributed by atoms with van der Waals surface area (Å²) in [6, 6.07) is 16.1. The van der Waals surface area contributed by atoms with Crippen molar-refractivity contribution in [2.75, 3.05) is 20.3 Å². The van der Waals surface area contributed by atoms with Gasteiger partial charge in [0.05, 0.1) is 53.3 Å². The van der Waals surface area contributed by atoms with Gasteiger partial charge in [0.1, 0.15) is 6.61 Å². The summed E-state index contributed by atoms with van der Waals surface area (Å²) < 4.78 is 31.0. The first-order valence-electron chi connectivity index (χ1n) is 15.7. The lowest BCUT2D eigenvalue weighted by atomic mass is 9.95. The van der Waals surface area contributed by atoms with Crippen LogP contribution in [0.2, 0.25) is 5.02 Å². The number of ether oxygens (including phenoxy) is 5. The van der Waals surface area contributed by atoms with Crippen molar-refractivity contribution in [3.8, 4) is 23.0 Å². The minimum Gasteiger partial charge on any atom is -0.493 e. The second kappa shape index (κ2) is 15.1.